The van der Waals surface area contributed by atoms with Gasteiger partial charge in [-0.1, -0.05) is 42.5 Å². The van der Waals surface area contributed by atoms with Crippen LogP contribution in [0.4, 0.5) is 0 Å². The van der Waals surface area contributed by atoms with Crippen LogP contribution < -0.4 is 0 Å². The number of benzene rings is 2. The number of rotatable bonds is 0. The molecule has 17 heavy (non-hydrogen) atoms. The van der Waals surface area contributed by atoms with Crippen molar-refractivity contribution in [1.82, 2.24) is 9.78 Å². The van der Waals surface area contributed by atoms with E-state index in [-0.39, 0.29) is 0 Å². The van der Waals surface area contributed by atoms with Crippen molar-refractivity contribution in [2.45, 2.75) is 13.0 Å². The first-order valence-corrected chi connectivity index (χ1v) is 5.97. The van der Waals surface area contributed by atoms with Gasteiger partial charge in [-0.25, -0.2) is 0 Å². The van der Waals surface area contributed by atoms with E-state index in [2.05, 4.69) is 52.2 Å². The minimum Gasteiger partial charge on any atom is -0.263 e. The van der Waals surface area contributed by atoms with E-state index in [1.54, 1.807) is 0 Å². The molecule has 1 aromatic heterocycles. The minimum atomic E-state index is 0.987. The third-order valence-electron chi connectivity index (χ3n) is 3.51. The molecule has 0 amide bonds. The summed E-state index contributed by atoms with van der Waals surface area (Å²) >= 11 is 0. The highest BCUT2D eigenvalue weighted by atomic mass is 15.3. The van der Waals surface area contributed by atoms with E-state index < -0.39 is 0 Å². The van der Waals surface area contributed by atoms with Gasteiger partial charge in [0, 0.05) is 17.5 Å². The molecule has 1 aliphatic heterocycles. The molecule has 0 fully saturated rings. The Balaban J connectivity index is 2.14. The smallest absolute Gasteiger partial charge is 0.0929 e. The molecular formula is C15H12N2. The SMILES string of the molecule is c1ccc2c(c1)CCn1nc3ccccc3c1-2. The number of hydrogen-bond acceptors (Lipinski definition) is 1. The van der Waals surface area contributed by atoms with E-state index in [1.807, 2.05) is 6.07 Å². The molecule has 0 N–H and O–H groups in total. The van der Waals surface area contributed by atoms with Gasteiger partial charge in [0.15, 0.2) is 0 Å². The van der Waals surface area contributed by atoms with Crippen LogP contribution >= 0.6 is 0 Å². The highest BCUT2D eigenvalue weighted by Crippen LogP contribution is 2.34. The molecule has 0 saturated carbocycles. The first kappa shape index (κ1) is 8.99. The fourth-order valence-corrected chi connectivity index (χ4v) is 2.72. The summed E-state index contributed by atoms with van der Waals surface area (Å²) in [4.78, 5) is 0. The Labute approximate surface area is 99.5 Å². The summed E-state index contributed by atoms with van der Waals surface area (Å²) in [5.41, 5.74) is 5.15. The van der Waals surface area contributed by atoms with Crippen LogP contribution in [0.5, 0.6) is 0 Å². The molecule has 82 valence electrons. The second-order valence-electron chi connectivity index (χ2n) is 4.50. The number of aromatic nitrogens is 2. The molecule has 0 saturated heterocycles. The number of nitrogens with zero attached hydrogens (tertiary/aromatic N) is 2. The molecule has 2 aromatic carbocycles. The van der Waals surface area contributed by atoms with Crippen molar-refractivity contribution in [1.29, 1.82) is 0 Å². The van der Waals surface area contributed by atoms with Gasteiger partial charge in [-0.2, -0.15) is 5.10 Å². The van der Waals surface area contributed by atoms with E-state index in [9.17, 15) is 0 Å². The lowest BCUT2D eigenvalue weighted by Crippen LogP contribution is -2.11. The van der Waals surface area contributed by atoms with Crippen molar-refractivity contribution in [3.63, 3.8) is 0 Å². The molecule has 0 spiro atoms. The first-order valence-electron chi connectivity index (χ1n) is 5.97. The van der Waals surface area contributed by atoms with Gasteiger partial charge in [0.05, 0.1) is 11.2 Å². The van der Waals surface area contributed by atoms with Crippen LogP contribution in [0.1, 0.15) is 5.56 Å². The predicted molar refractivity (Wildman–Crippen MR) is 68.9 cm³/mol. The summed E-state index contributed by atoms with van der Waals surface area (Å²) in [5.74, 6) is 0. The third-order valence-corrected chi connectivity index (χ3v) is 3.51. The molecule has 0 atom stereocenters. The van der Waals surface area contributed by atoms with Gasteiger partial charge in [-0.15, -0.1) is 0 Å². The molecule has 2 nitrogen and oxygen atoms in total. The zero-order chi connectivity index (χ0) is 11.2. The van der Waals surface area contributed by atoms with Crippen molar-refractivity contribution < 1.29 is 0 Å². The summed E-state index contributed by atoms with van der Waals surface area (Å²) in [7, 11) is 0. The van der Waals surface area contributed by atoms with Crippen LogP contribution in [-0.2, 0) is 13.0 Å². The molecule has 2 heterocycles. The maximum atomic E-state index is 4.67. The maximum absolute atomic E-state index is 4.67. The van der Waals surface area contributed by atoms with E-state index in [4.69, 9.17) is 0 Å². The Hall–Kier alpha value is -2.09. The van der Waals surface area contributed by atoms with E-state index >= 15 is 0 Å². The lowest BCUT2D eigenvalue weighted by molar-refractivity contribution is 0.613. The lowest BCUT2D eigenvalue weighted by Gasteiger charge is -2.17. The number of fused-ring (bicyclic) bond motifs is 5. The average molecular weight is 220 g/mol. The topological polar surface area (TPSA) is 17.8 Å². The summed E-state index contributed by atoms with van der Waals surface area (Å²) < 4.78 is 2.15. The van der Waals surface area contributed by atoms with Crippen LogP contribution in [0.2, 0.25) is 0 Å². The maximum Gasteiger partial charge on any atom is 0.0929 e. The van der Waals surface area contributed by atoms with Gasteiger partial charge in [0.25, 0.3) is 0 Å². The van der Waals surface area contributed by atoms with E-state index in [0.717, 1.165) is 18.5 Å². The van der Waals surface area contributed by atoms with Gasteiger partial charge in [-0.3, -0.25) is 4.68 Å². The van der Waals surface area contributed by atoms with Crippen molar-refractivity contribution >= 4 is 10.9 Å². The Kier molecular flexibility index (Phi) is 1.69. The van der Waals surface area contributed by atoms with Crippen LogP contribution in [-0.4, -0.2) is 9.78 Å². The first-order chi connectivity index (χ1) is 8.43. The highest BCUT2D eigenvalue weighted by Gasteiger charge is 2.19. The Morgan fingerprint density at radius 3 is 2.76 bits per heavy atom. The molecular weight excluding hydrogens is 208 g/mol. The van der Waals surface area contributed by atoms with Gasteiger partial charge >= 0.3 is 0 Å². The van der Waals surface area contributed by atoms with Crippen molar-refractivity contribution in [3.05, 3.63) is 54.1 Å². The van der Waals surface area contributed by atoms with Gasteiger partial charge in [-0.05, 0) is 18.1 Å². The van der Waals surface area contributed by atoms with E-state index in [0.29, 0.717) is 0 Å². The fraction of sp³-hybridized carbons (Fsp3) is 0.133. The second kappa shape index (κ2) is 3.20. The standard InChI is InChI=1S/C15H12N2/c1-2-6-12-11(5-1)9-10-17-15(12)13-7-3-4-8-14(13)16-17/h1-8H,9-10H2. The third kappa shape index (κ3) is 1.18. The molecule has 0 bridgehead atoms. The molecule has 3 aromatic rings. The van der Waals surface area contributed by atoms with Crippen molar-refractivity contribution in [2.24, 2.45) is 0 Å². The monoisotopic (exact) mass is 220 g/mol. The molecule has 2 heteroatoms. The Morgan fingerprint density at radius 2 is 1.76 bits per heavy atom. The fourth-order valence-electron chi connectivity index (χ4n) is 2.72. The van der Waals surface area contributed by atoms with Crippen molar-refractivity contribution in [3.8, 4) is 11.3 Å². The zero-order valence-corrected chi connectivity index (χ0v) is 9.43. The summed E-state index contributed by atoms with van der Waals surface area (Å²) in [5, 5.41) is 5.93. The van der Waals surface area contributed by atoms with Gasteiger partial charge in [0.2, 0.25) is 0 Å². The normalized spacial score (nSPS) is 13.4. The van der Waals surface area contributed by atoms with Crippen LogP contribution in [0.15, 0.2) is 48.5 Å². The van der Waals surface area contributed by atoms with Gasteiger partial charge < -0.3 is 0 Å². The minimum absolute atomic E-state index is 0.987. The van der Waals surface area contributed by atoms with Crippen molar-refractivity contribution in [2.75, 3.05) is 0 Å². The number of aryl methyl sites for hydroxylation is 2. The zero-order valence-electron chi connectivity index (χ0n) is 9.43. The predicted octanol–water partition coefficient (Wildman–Crippen LogP) is 3.26. The Morgan fingerprint density at radius 1 is 0.941 bits per heavy atom. The van der Waals surface area contributed by atoms with E-state index in [1.165, 1.54) is 22.2 Å². The molecule has 0 aliphatic carbocycles. The Bertz CT molecular complexity index is 710. The molecule has 1 aliphatic rings. The lowest BCUT2D eigenvalue weighted by atomic mass is 9.97. The largest absolute Gasteiger partial charge is 0.263 e. The van der Waals surface area contributed by atoms with Crippen LogP contribution in [0.25, 0.3) is 22.2 Å². The average Bonchev–Trinajstić information content (AvgIpc) is 2.77. The quantitative estimate of drug-likeness (QED) is 0.568. The summed E-state index contributed by atoms with van der Waals surface area (Å²) in [6.07, 6.45) is 1.08. The summed E-state index contributed by atoms with van der Waals surface area (Å²) in [6.45, 7) is 0.987. The van der Waals surface area contributed by atoms with Crippen LogP contribution in [0.3, 0.4) is 0 Å². The summed E-state index contributed by atoms with van der Waals surface area (Å²) in [6, 6.07) is 17.0. The molecule has 4 rings (SSSR count). The van der Waals surface area contributed by atoms with Gasteiger partial charge in [0.1, 0.15) is 0 Å². The van der Waals surface area contributed by atoms with Crippen LogP contribution in [0, 0.1) is 0 Å². The number of hydrogen-bond donors (Lipinski definition) is 0. The highest BCUT2D eigenvalue weighted by molar-refractivity contribution is 5.94. The molecule has 0 radical (unpaired) electrons. The molecule has 0 unspecified atom stereocenters. The second-order valence-corrected chi connectivity index (χ2v) is 4.50.